The first kappa shape index (κ1) is 14.3. The van der Waals surface area contributed by atoms with E-state index in [1.165, 1.54) is 0 Å². The van der Waals surface area contributed by atoms with Crippen LogP contribution in [0, 0.1) is 0 Å². The third-order valence-corrected chi connectivity index (χ3v) is 3.54. The first-order chi connectivity index (χ1) is 8.22. The van der Waals surface area contributed by atoms with Crippen LogP contribution in [0.1, 0.15) is 5.56 Å². The Labute approximate surface area is 105 Å². The molecule has 0 spiro atoms. The second-order valence-electron chi connectivity index (χ2n) is 3.74. The van der Waals surface area contributed by atoms with Gasteiger partial charge in [-0.05, 0) is 0 Å². The van der Waals surface area contributed by atoms with E-state index in [-0.39, 0.29) is 6.61 Å². The summed E-state index contributed by atoms with van der Waals surface area (Å²) in [6.45, 7) is 4.19. The number of aliphatic hydroxyl groups is 1. The first-order valence-corrected chi connectivity index (χ1v) is 7.01. The normalized spacial score (nSPS) is 14.2. The molecule has 2 N–H and O–H groups in total. The Morgan fingerprint density at radius 2 is 2.06 bits per heavy atom. The van der Waals surface area contributed by atoms with Gasteiger partial charge in [0.2, 0.25) is 0 Å². The molecule has 0 radical (unpaired) electrons. The van der Waals surface area contributed by atoms with Crippen LogP contribution in [0.25, 0.3) is 0 Å². The van der Waals surface area contributed by atoms with Crippen LogP contribution in [0.3, 0.4) is 0 Å². The van der Waals surface area contributed by atoms with E-state index in [1.807, 2.05) is 30.3 Å². The van der Waals surface area contributed by atoms with Crippen LogP contribution in [0.2, 0.25) is 0 Å². The van der Waals surface area contributed by atoms with Crippen LogP contribution in [0.5, 0.6) is 0 Å². The molecule has 1 aromatic carbocycles. The summed E-state index contributed by atoms with van der Waals surface area (Å²) in [6.07, 6.45) is 1.02. The lowest BCUT2D eigenvalue weighted by Gasteiger charge is -2.08. The SMILES string of the molecule is C=CCOC[C@H](O)C[S+](O)Cc1ccccc1. The van der Waals surface area contributed by atoms with Gasteiger partial charge in [-0.25, -0.2) is 0 Å². The summed E-state index contributed by atoms with van der Waals surface area (Å²) in [5.41, 5.74) is 1.08. The lowest BCUT2D eigenvalue weighted by molar-refractivity contribution is 0.0616. The van der Waals surface area contributed by atoms with Crippen LogP contribution in [-0.2, 0) is 21.7 Å². The fourth-order valence-corrected chi connectivity index (χ4v) is 2.62. The van der Waals surface area contributed by atoms with Crippen molar-refractivity contribution in [2.75, 3.05) is 19.0 Å². The highest BCUT2D eigenvalue weighted by Gasteiger charge is 2.21. The maximum absolute atomic E-state index is 9.82. The minimum atomic E-state index is -0.812. The molecule has 94 valence electrons. The lowest BCUT2D eigenvalue weighted by Crippen LogP contribution is -2.26. The molecule has 1 aromatic rings. The van der Waals surface area contributed by atoms with Gasteiger partial charge in [0.05, 0.1) is 13.2 Å². The van der Waals surface area contributed by atoms with Gasteiger partial charge in [0, 0.05) is 5.56 Å². The number of aliphatic hydroxyl groups excluding tert-OH is 1. The Bertz CT molecular complexity index is 316. The maximum Gasteiger partial charge on any atom is 0.169 e. The Morgan fingerprint density at radius 1 is 1.35 bits per heavy atom. The number of benzene rings is 1. The van der Waals surface area contributed by atoms with Gasteiger partial charge >= 0.3 is 0 Å². The highest BCUT2D eigenvalue weighted by Crippen LogP contribution is 2.07. The van der Waals surface area contributed by atoms with E-state index in [4.69, 9.17) is 4.74 Å². The van der Waals surface area contributed by atoms with Gasteiger partial charge in [-0.3, -0.25) is 0 Å². The third kappa shape index (κ3) is 6.48. The molecule has 0 aromatic heterocycles. The van der Waals surface area contributed by atoms with Crippen molar-refractivity contribution in [3.63, 3.8) is 0 Å². The van der Waals surface area contributed by atoms with Gasteiger partial charge in [-0.15, -0.1) is 6.58 Å². The van der Waals surface area contributed by atoms with E-state index in [1.54, 1.807) is 6.08 Å². The second kappa shape index (κ2) is 8.31. The summed E-state index contributed by atoms with van der Waals surface area (Å²) in [4.78, 5) is 0. The number of hydrogen-bond acceptors (Lipinski definition) is 3. The first-order valence-electron chi connectivity index (χ1n) is 5.49. The Morgan fingerprint density at radius 3 is 2.71 bits per heavy atom. The third-order valence-electron chi connectivity index (χ3n) is 2.11. The van der Waals surface area contributed by atoms with E-state index < -0.39 is 17.3 Å². The van der Waals surface area contributed by atoms with Crippen molar-refractivity contribution in [1.29, 1.82) is 0 Å². The number of rotatable bonds is 8. The molecule has 17 heavy (non-hydrogen) atoms. The maximum atomic E-state index is 9.82. The Hall–Kier alpha value is -0.810. The van der Waals surface area contributed by atoms with E-state index in [9.17, 15) is 9.66 Å². The molecule has 0 saturated carbocycles. The smallest absolute Gasteiger partial charge is 0.169 e. The van der Waals surface area contributed by atoms with Crippen LogP contribution in [0.4, 0.5) is 0 Å². The number of ether oxygens (including phenoxy) is 1. The van der Waals surface area contributed by atoms with Gasteiger partial charge in [-0.1, -0.05) is 36.4 Å². The average Bonchev–Trinajstić information content (AvgIpc) is 2.30. The molecule has 0 amide bonds. The summed E-state index contributed by atoms with van der Waals surface area (Å²) >= 11 is -0.812. The van der Waals surface area contributed by atoms with Crippen LogP contribution < -0.4 is 0 Å². The van der Waals surface area contributed by atoms with Crippen molar-refractivity contribution in [2.24, 2.45) is 0 Å². The highest BCUT2D eigenvalue weighted by molar-refractivity contribution is 7.90. The van der Waals surface area contributed by atoms with Crippen molar-refractivity contribution >= 4 is 11.2 Å². The van der Waals surface area contributed by atoms with E-state index in [0.29, 0.717) is 18.1 Å². The molecule has 0 aliphatic heterocycles. The monoisotopic (exact) mass is 255 g/mol. The standard InChI is InChI=1S/C13H19O3S/c1-2-8-16-9-13(14)11-17(15)10-12-6-4-3-5-7-12/h2-7,13-15H,1,8-11H2/q+1/t13-,17?/m0/s1. The molecule has 0 bridgehead atoms. The largest absolute Gasteiger partial charge is 0.386 e. The van der Waals surface area contributed by atoms with Gasteiger partial charge in [0.15, 0.2) is 22.7 Å². The van der Waals surface area contributed by atoms with E-state index in [0.717, 1.165) is 5.56 Å². The zero-order valence-electron chi connectivity index (χ0n) is 9.79. The minimum absolute atomic E-state index is 0.241. The summed E-state index contributed by atoms with van der Waals surface area (Å²) < 4.78 is 14.9. The molecule has 0 aliphatic carbocycles. The lowest BCUT2D eigenvalue weighted by atomic mass is 10.2. The van der Waals surface area contributed by atoms with Gasteiger partial charge < -0.3 is 9.84 Å². The second-order valence-corrected chi connectivity index (χ2v) is 5.29. The topological polar surface area (TPSA) is 49.7 Å². The molecule has 1 rings (SSSR count). The van der Waals surface area contributed by atoms with Gasteiger partial charge in [0.25, 0.3) is 0 Å². The fraction of sp³-hybridized carbons (Fsp3) is 0.385. The summed E-state index contributed by atoms with van der Waals surface area (Å²) in [7, 11) is 0. The van der Waals surface area contributed by atoms with E-state index >= 15 is 0 Å². The molecule has 2 atom stereocenters. The van der Waals surface area contributed by atoms with Gasteiger partial charge in [-0.2, -0.15) is 4.55 Å². The van der Waals surface area contributed by atoms with E-state index in [2.05, 4.69) is 6.58 Å². The van der Waals surface area contributed by atoms with Crippen molar-refractivity contribution in [3.8, 4) is 0 Å². The molecule has 0 saturated heterocycles. The zero-order valence-corrected chi connectivity index (χ0v) is 10.6. The highest BCUT2D eigenvalue weighted by atomic mass is 32.2. The molecule has 4 heteroatoms. The van der Waals surface area contributed by atoms with Crippen LogP contribution in [-0.4, -0.2) is 34.7 Å². The molecular weight excluding hydrogens is 236 g/mol. The molecule has 0 aliphatic rings. The fourth-order valence-electron chi connectivity index (χ4n) is 1.38. The molecular formula is C13H19O3S+. The predicted octanol–water partition coefficient (Wildman–Crippen LogP) is 1.84. The molecule has 3 nitrogen and oxygen atoms in total. The summed E-state index contributed by atoms with van der Waals surface area (Å²) in [5.74, 6) is 0.936. The van der Waals surface area contributed by atoms with Crippen molar-refractivity contribution < 1.29 is 14.4 Å². The Balaban J connectivity index is 2.24. The van der Waals surface area contributed by atoms with Crippen molar-refractivity contribution in [3.05, 3.63) is 48.6 Å². The quantitative estimate of drug-likeness (QED) is 0.423. The van der Waals surface area contributed by atoms with Gasteiger partial charge in [0.1, 0.15) is 6.10 Å². The average molecular weight is 255 g/mol. The van der Waals surface area contributed by atoms with Crippen LogP contribution in [0.15, 0.2) is 43.0 Å². The summed E-state index contributed by atoms with van der Waals surface area (Å²) in [5, 5.41) is 9.61. The van der Waals surface area contributed by atoms with Crippen molar-refractivity contribution in [2.45, 2.75) is 11.9 Å². The molecule has 0 fully saturated rings. The molecule has 0 heterocycles. The molecule has 1 unspecified atom stereocenters. The zero-order chi connectivity index (χ0) is 12.5. The van der Waals surface area contributed by atoms with Crippen molar-refractivity contribution in [1.82, 2.24) is 0 Å². The van der Waals surface area contributed by atoms with Crippen LogP contribution >= 0.6 is 0 Å². The minimum Gasteiger partial charge on any atom is -0.386 e. The number of hydrogen-bond donors (Lipinski definition) is 2. The Kier molecular flexibility index (Phi) is 6.96. The predicted molar refractivity (Wildman–Crippen MR) is 72.0 cm³/mol. The summed E-state index contributed by atoms with van der Waals surface area (Å²) in [6, 6.07) is 9.76.